The van der Waals surface area contributed by atoms with Crippen molar-refractivity contribution in [2.75, 3.05) is 18.3 Å². The van der Waals surface area contributed by atoms with Gasteiger partial charge in [-0.3, -0.25) is 19.3 Å². The van der Waals surface area contributed by atoms with Gasteiger partial charge >= 0.3 is 12.1 Å². The standard InChI is InChI=1S/C25H17F4N5O6S4/c26-9-40-33-17(12-8-43-24(30)31-12)20(36)32-18-21(37)34-19(23(38)39)10(7-42-22(18)34)4-5-41-15-6-13(35)16-11(25(27,28)29)2-1-3-14(16)44-15/h1-6,8,18,22H,7,9H2,(H2,30,31)(H,32,36)(H,38,39)/t18?,22-/m1/s1. The number of oxime groups is 1. The highest BCUT2D eigenvalue weighted by Gasteiger charge is 2.54. The highest BCUT2D eigenvalue weighted by atomic mass is 32.2. The van der Waals surface area contributed by atoms with Gasteiger partial charge in [-0.2, -0.15) is 13.2 Å². The number of fused-ring (bicyclic) bond motifs is 2. The van der Waals surface area contributed by atoms with Crippen molar-refractivity contribution < 1.29 is 41.9 Å². The lowest BCUT2D eigenvalue weighted by molar-refractivity contribution is -0.150. The molecule has 5 rings (SSSR count). The molecule has 4 N–H and O–H groups in total. The maximum absolute atomic E-state index is 13.4. The fourth-order valence-electron chi connectivity index (χ4n) is 4.34. The van der Waals surface area contributed by atoms with Crippen molar-refractivity contribution in [3.63, 3.8) is 0 Å². The smallest absolute Gasteiger partial charge is 0.417 e. The number of carbonyl (C=O) groups excluding carboxylic acids is 2. The second-order valence-corrected chi connectivity index (χ2v) is 13.1. The number of carboxylic acids is 1. The Balaban J connectivity index is 1.33. The van der Waals surface area contributed by atoms with Crippen LogP contribution < -0.4 is 16.5 Å². The number of rotatable bonds is 9. The number of anilines is 1. The number of alkyl halides is 4. The van der Waals surface area contributed by atoms with Crippen LogP contribution in [0.25, 0.3) is 10.1 Å². The number of carboxylic acid groups (broad SMARTS) is 1. The van der Waals surface area contributed by atoms with Crippen molar-refractivity contribution in [2.24, 2.45) is 5.16 Å². The van der Waals surface area contributed by atoms with E-state index in [-0.39, 0.29) is 32.5 Å². The highest BCUT2D eigenvalue weighted by Crippen LogP contribution is 2.41. The molecule has 1 fully saturated rings. The number of benzene rings is 1. The van der Waals surface area contributed by atoms with Crippen LogP contribution in [0.15, 0.2) is 66.6 Å². The summed E-state index contributed by atoms with van der Waals surface area (Å²) in [5.41, 5.74) is 3.27. The van der Waals surface area contributed by atoms with E-state index in [2.05, 4.69) is 20.3 Å². The largest absolute Gasteiger partial charge is 0.477 e. The third-order valence-electron chi connectivity index (χ3n) is 6.16. The van der Waals surface area contributed by atoms with Gasteiger partial charge in [0.2, 0.25) is 0 Å². The van der Waals surface area contributed by atoms with Gasteiger partial charge in [-0.1, -0.05) is 23.0 Å². The van der Waals surface area contributed by atoms with Gasteiger partial charge in [0, 0.05) is 21.9 Å². The zero-order valence-electron chi connectivity index (χ0n) is 21.7. The summed E-state index contributed by atoms with van der Waals surface area (Å²) in [6.07, 6.45) is -3.25. The summed E-state index contributed by atoms with van der Waals surface area (Å²) in [6.45, 7) is -1.33. The molecular weight excluding hydrogens is 671 g/mol. The van der Waals surface area contributed by atoms with E-state index in [1.807, 2.05) is 0 Å². The zero-order valence-corrected chi connectivity index (χ0v) is 24.9. The van der Waals surface area contributed by atoms with Crippen molar-refractivity contribution in [3.05, 3.63) is 73.9 Å². The van der Waals surface area contributed by atoms with Gasteiger partial charge in [0.15, 0.2) is 16.3 Å². The minimum atomic E-state index is -4.69. The average molecular weight is 688 g/mol. The highest BCUT2D eigenvalue weighted by molar-refractivity contribution is 8.04. The topological polar surface area (TPSA) is 164 Å². The Hall–Kier alpha value is -3.94. The second-order valence-electron chi connectivity index (χ2n) is 8.82. The monoisotopic (exact) mass is 687 g/mol. The molecule has 0 bridgehead atoms. The number of nitrogens with two attached hydrogens (primary N) is 1. The van der Waals surface area contributed by atoms with E-state index in [1.165, 1.54) is 40.8 Å². The van der Waals surface area contributed by atoms with Crippen LogP contribution in [0.3, 0.4) is 0 Å². The Morgan fingerprint density at radius 1 is 1.32 bits per heavy atom. The van der Waals surface area contributed by atoms with Gasteiger partial charge in [0.25, 0.3) is 18.7 Å². The SMILES string of the molecule is Nc1nc(C(=NOCF)C(=O)NC2C(=O)N3C(C(=O)O)=C(C=CSc4cc(=O)c5c(C(F)(F)F)cccc5s4)CS[C@H]23)cs1. The van der Waals surface area contributed by atoms with Crippen molar-refractivity contribution in [1.29, 1.82) is 0 Å². The maximum Gasteiger partial charge on any atom is 0.417 e. The van der Waals surface area contributed by atoms with E-state index in [4.69, 9.17) is 5.73 Å². The average Bonchev–Trinajstić information content (AvgIpc) is 3.40. The fraction of sp³-hybridized carbons (Fsp3) is 0.200. The van der Waals surface area contributed by atoms with Gasteiger partial charge in [0.1, 0.15) is 22.8 Å². The molecule has 2 aliphatic rings. The number of allylic oxidation sites excluding steroid dienone is 1. The van der Waals surface area contributed by atoms with Crippen LogP contribution in [0.4, 0.5) is 22.7 Å². The summed E-state index contributed by atoms with van der Waals surface area (Å²) in [7, 11) is 0. The number of aliphatic carboxylic acids is 1. The van der Waals surface area contributed by atoms with Crippen LogP contribution in [0.2, 0.25) is 0 Å². The molecule has 2 aromatic heterocycles. The van der Waals surface area contributed by atoms with Crippen LogP contribution >= 0.6 is 46.2 Å². The number of hydrogen-bond donors (Lipinski definition) is 3. The van der Waals surface area contributed by atoms with Gasteiger partial charge in [-0.05, 0) is 29.2 Å². The molecule has 2 aliphatic heterocycles. The summed E-state index contributed by atoms with van der Waals surface area (Å²) in [6, 6.07) is 3.41. The molecule has 230 valence electrons. The number of nitrogens with zero attached hydrogens (tertiary/aromatic N) is 3. The predicted molar refractivity (Wildman–Crippen MR) is 158 cm³/mol. The number of thiazole rings is 1. The third kappa shape index (κ3) is 6.17. The molecule has 2 amide bonds. The van der Waals surface area contributed by atoms with Crippen molar-refractivity contribution in [3.8, 4) is 0 Å². The van der Waals surface area contributed by atoms with Crippen LogP contribution in [-0.4, -0.2) is 62.5 Å². The van der Waals surface area contributed by atoms with Crippen LogP contribution in [0.5, 0.6) is 0 Å². The molecule has 44 heavy (non-hydrogen) atoms. The number of carbonyl (C=O) groups is 3. The number of nitrogen functional groups attached to an aromatic ring is 1. The first-order valence-corrected chi connectivity index (χ1v) is 15.7. The molecule has 0 saturated carbocycles. The lowest BCUT2D eigenvalue weighted by atomic mass is 10.0. The molecular formula is C25H17F4N5O6S4. The summed E-state index contributed by atoms with van der Waals surface area (Å²) in [5.74, 6) is -2.91. The van der Waals surface area contributed by atoms with Crippen LogP contribution in [-0.2, 0) is 25.4 Å². The first-order chi connectivity index (χ1) is 20.9. The van der Waals surface area contributed by atoms with Gasteiger partial charge in [-0.15, -0.1) is 34.4 Å². The number of amides is 2. The van der Waals surface area contributed by atoms with Gasteiger partial charge in [0.05, 0.1) is 15.2 Å². The number of nitrogens with one attached hydrogen (secondary N) is 1. The Morgan fingerprint density at radius 3 is 2.75 bits per heavy atom. The van der Waals surface area contributed by atoms with E-state index in [0.717, 1.165) is 51.5 Å². The number of thioether (sulfide) groups is 2. The molecule has 1 unspecified atom stereocenters. The number of aromatic nitrogens is 1. The molecule has 0 spiro atoms. The van der Waals surface area contributed by atoms with E-state index in [9.17, 15) is 41.8 Å². The predicted octanol–water partition coefficient (Wildman–Crippen LogP) is 4.01. The Kier molecular flexibility index (Phi) is 9.00. The van der Waals surface area contributed by atoms with Crippen LogP contribution in [0.1, 0.15) is 11.3 Å². The first-order valence-electron chi connectivity index (χ1n) is 12.1. The lowest BCUT2D eigenvalue weighted by Crippen LogP contribution is -2.71. The van der Waals surface area contributed by atoms with Crippen molar-refractivity contribution in [1.82, 2.24) is 15.2 Å². The molecule has 1 aromatic carbocycles. The van der Waals surface area contributed by atoms with E-state index >= 15 is 0 Å². The molecule has 19 heteroatoms. The quantitative estimate of drug-likeness (QED) is 0.0985. The van der Waals surface area contributed by atoms with E-state index in [1.54, 1.807) is 0 Å². The normalized spacial score (nSPS) is 18.9. The maximum atomic E-state index is 13.4. The first kappa shape index (κ1) is 31.5. The minimum Gasteiger partial charge on any atom is -0.477 e. The number of halogens is 4. The number of β-lactam (4-membered cyclic amide) rings is 1. The van der Waals surface area contributed by atoms with Crippen LogP contribution in [0, 0.1) is 0 Å². The summed E-state index contributed by atoms with van der Waals surface area (Å²) >= 11 is 4.14. The van der Waals surface area contributed by atoms with Crippen molar-refractivity contribution in [2.45, 2.75) is 21.8 Å². The van der Waals surface area contributed by atoms with Gasteiger partial charge in [-0.25, -0.2) is 14.2 Å². The van der Waals surface area contributed by atoms with Gasteiger partial charge < -0.3 is 21.0 Å². The molecule has 2 atom stereocenters. The molecule has 3 aromatic rings. The zero-order chi connectivity index (χ0) is 31.8. The third-order valence-corrected chi connectivity index (χ3v) is 10.2. The Bertz CT molecular complexity index is 1820. The fourth-order valence-corrected chi connectivity index (χ4v) is 8.21. The van der Waals surface area contributed by atoms with Crippen molar-refractivity contribution >= 4 is 84.9 Å². The lowest BCUT2D eigenvalue weighted by Gasteiger charge is -2.49. The Morgan fingerprint density at radius 2 is 2.09 bits per heavy atom. The van der Waals surface area contributed by atoms with E-state index in [0.29, 0.717) is 4.21 Å². The number of hydrogen-bond acceptors (Lipinski definition) is 12. The molecule has 11 nitrogen and oxygen atoms in total. The molecule has 4 heterocycles. The summed E-state index contributed by atoms with van der Waals surface area (Å²) in [4.78, 5) is 59.9. The summed E-state index contributed by atoms with van der Waals surface area (Å²) < 4.78 is 53.1. The summed E-state index contributed by atoms with van der Waals surface area (Å²) in [5, 5.41) is 17.5. The second kappa shape index (κ2) is 12.6. The molecule has 1 saturated heterocycles. The Labute approximate surface area is 260 Å². The minimum absolute atomic E-state index is 0.00774. The molecule has 0 aliphatic carbocycles. The molecule has 0 radical (unpaired) electrons. The van der Waals surface area contributed by atoms with E-state index < -0.39 is 64.3 Å².